The minimum absolute atomic E-state index is 0.139. The van der Waals surface area contributed by atoms with Crippen LogP contribution in [-0.2, 0) is 11.3 Å². The number of fused-ring (bicyclic) bond motifs is 1. The Balaban J connectivity index is 1.68. The van der Waals surface area contributed by atoms with Gasteiger partial charge in [-0.1, -0.05) is 18.7 Å². The lowest BCUT2D eigenvalue weighted by Crippen LogP contribution is -2.27. The van der Waals surface area contributed by atoms with E-state index in [4.69, 9.17) is 14.5 Å². The van der Waals surface area contributed by atoms with Crippen LogP contribution in [-0.4, -0.2) is 64.8 Å². The van der Waals surface area contributed by atoms with Crippen molar-refractivity contribution >= 4 is 34.5 Å². The molecule has 2 aromatic heterocycles. The number of hydrogen-bond donors (Lipinski definition) is 2. The predicted molar refractivity (Wildman–Crippen MR) is 127 cm³/mol. The van der Waals surface area contributed by atoms with E-state index in [-0.39, 0.29) is 5.91 Å². The summed E-state index contributed by atoms with van der Waals surface area (Å²) in [4.78, 5) is 21.8. The molecule has 0 radical (unpaired) electrons. The summed E-state index contributed by atoms with van der Waals surface area (Å²) in [6.07, 6.45) is 2.79. The molecule has 3 aromatic rings. The third kappa shape index (κ3) is 6.33. The van der Waals surface area contributed by atoms with E-state index in [1.807, 2.05) is 6.92 Å². The zero-order chi connectivity index (χ0) is 22.8. The molecule has 0 spiro atoms. The van der Waals surface area contributed by atoms with Gasteiger partial charge in [-0.2, -0.15) is 5.10 Å². The van der Waals surface area contributed by atoms with Gasteiger partial charge in [0.2, 0.25) is 0 Å². The molecule has 1 amide bonds. The Labute approximate surface area is 192 Å². The largest absolute Gasteiger partial charge is 0.494 e. The first-order chi connectivity index (χ1) is 15.7. The van der Waals surface area contributed by atoms with Crippen LogP contribution in [0.15, 0.2) is 35.6 Å². The Kier molecular flexibility index (Phi) is 9.12. The summed E-state index contributed by atoms with van der Waals surface area (Å²) < 4.78 is 12.3. The van der Waals surface area contributed by atoms with Crippen molar-refractivity contribution in [1.82, 2.24) is 25.1 Å². The number of thioether (sulfide) groups is 1. The van der Waals surface area contributed by atoms with E-state index < -0.39 is 0 Å². The highest BCUT2D eigenvalue weighted by Gasteiger charge is 2.14. The third-order valence-electron chi connectivity index (χ3n) is 4.55. The van der Waals surface area contributed by atoms with Gasteiger partial charge in [0, 0.05) is 31.5 Å². The molecule has 10 heteroatoms. The predicted octanol–water partition coefficient (Wildman–Crippen LogP) is 3.22. The van der Waals surface area contributed by atoms with E-state index in [0.717, 1.165) is 34.8 Å². The number of carbonyl (C=O) groups excluding carboxylic acids is 1. The van der Waals surface area contributed by atoms with Crippen molar-refractivity contribution in [3.05, 3.63) is 36.0 Å². The Bertz CT molecular complexity index is 1010. The second kappa shape index (κ2) is 12.3. The average Bonchev–Trinajstić information content (AvgIpc) is 3.21. The Morgan fingerprint density at radius 1 is 1.16 bits per heavy atom. The number of ether oxygens (including phenoxy) is 2. The number of amides is 1. The molecule has 1 aromatic carbocycles. The molecule has 3 rings (SSSR count). The minimum atomic E-state index is -0.139. The fourth-order valence-electron chi connectivity index (χ4n) is 3.01. The molecule has 172 valence electrons. The Hall–Kier alpha value is -2.85. The number of methoxy groups -OCH3 is 1. The van der Waals surface area contributed by atoms with E-state index in [1.54, 1.807) is 54.0 Å². The molecule has 0 saturated carbocycles. The van der Waals surface area contributed by atoms with Gasteiger partial charge in [-0.05, 0) is 37.6 Å². The van der Waals surface area contributed by atoms with E-state index in [9.17, 15) is 4.79 Å². The number of benzene rings is 1. The molecule has 0 bridgehead atoms. The second-order valence-electron chi connectivity index (χ2n) is 6.94. The van der Waals surface area contributed by atoms with Gasteiger partial charge in [0.15, 0.2) is 10.8 Å². The van der Waals surface area contributed by atoms with Crippen LogP contribution in [0.4, 0.5) is 5.82 Å². The summed E-state index contributed by atoms with van der Waals surface area (Å²) in [5.41, 5.74) is 1.33. The maximum absolute atomic E-state index is 12.4. The summed E-state index contributed by atoms with van der Waals surface area (Å²) in [5, 5.41) is 12.3. The maximum atomic E-state index is 12.4. The van der Waals surface area contributed by atoms with Crippen LogP contribution in [0.3, 0.4) is 0 Å². The number of carbonyl (C=O) groups is 1. The van der Waals surface area contributed by atoms with Crippen LogP contribution in [0.25, 0.3) is 11.0 Å². The van der Waals surface area contributed by atoms with E-state index in [2.05, 4.69) is 27.6 Å². The normalized spacial score (nSPS) is 11.0. The van der Waals surface area contributed by atoms with Gasteiger partial charge in [0.25, 0.3) is 5.91 Å². The highest BCUT2D eigenvalue weighted by Crippen LogP contribution is 2.24. The van der Waals surface area contributed by atoms with Gasteiger partial charge in [0.05, 0.1) is 31.3 Å². The van der Waals surface area contributed by atoms with Gasteiger partial charge in [-0.3, -0.25) is 4.79 Å². The quantitative estimate of drug-likeness (QED) is 0.229. The van der Waals surface area contributed by atoms with E-state index >= 15 is 0 Å². The van der Waals surface area contributed by atoms with Crippen molar-refractivity contribution in [1.29, 1.82) is 0 Å². The molecule has 0 aliphatic carbocycles. The van der Waals surface area contributed by atoms with E-state index in [0.29, 0.717) is 43.6 Å². The average molecular weight is 459 g/mol. The number of hydrogen-bond acceptors (Lipinski definition) is 8. The summed E-state index contributed by atoms with van der Waals surface area (Å²) in [6.45, 7) is 6.79. The van der Waals surface area contributed by atoms with Crippen LogP contribution in [0.1, 0.15) is 30.6 Å². The van der Waals surface area contributed by atoms with Gasteiger partial charge < -0.3 is 20.1 Å². The summed E-state index contributed by atoms with van der Waals surface area (Å²) >= 11 is 1.62. The third-order valence-corrected chi connectivity index (χ3v) is 5.60. The molecule has 32 heavy (non-hydrogen) atoms. The smallest absolute Gasteiger partial charge is 0.251 e. The van der Waals surface area contributed by atoms with Gasteiger partial charge >= 0.3 is 0 Å². The summed E-state index contributed by atoms with van der Waals surface area (Å²) in [7, 11) is 1.67. The lowest BCUT2D eigenvalue weighted by molar-refractivity contribution is 0.0952. The van der Waals surface area contributed by atoms with Crippen LogP contribution in [0.5, 0.6) is 5.75 Å². The van der Waals surface area contributed by atoms with Crippen molar-refractivity contribution in [2.75, 3.05) is 44.5 Å². The van der Waals surface area contributed by atoms with Crippen LogP contribution in [0, 0.1) is 0 Å². The molecule has 2 heterocycles. The molecule has 0 saturated heterocycles. The Morgan fingerprint density at radius 3 is 2.69 bits per heavy atom. The highest BCUT2D eigenvalue weighted by molar-refractivity contribution is 7.99. The van der Waals surface area contributed by atoms with Crippen molar-refractivity contribution in [2.24, 2.45) is 0 Å². The van der Waals surface area contributed by atoms with Crippen molar-refractivity contribution < 1.29 is 14.3 Å². The van der Waals surface area contributed by atoms with Crippen molar-refractivity contribution in [3.8, 4) is 5.75 Å². The first-order valence-corrected chi connectivity index (χ1v) is 11.7. The Morgan fingerprint density at radius 2 is 1.97 bits per heavy atom. The fraction of sp³-hybridized carbons (Fsp3) is 0.455. The number of aromatic nitrogens is 4. The van der Waals surface area contributed by atoms with Crippen LogP contribution in [0.2, 0.25) is 0 Å². The van der Waals surface area contributed by atoms with Crippen LogP contribution < -0.4 is 15.4 Å². The van der Waals surface area contributed by atoms with Crippen molar-refractivity contribution in [3.63, 3.8) is 0 Å². The zero-order valence-electron chi connectivity index (χ0n) is 18.8. The maximum Gasteiger partial charge on any atom is 0.251 e. The van der Waals surface area contributed by atoms with E-state index in [1.165, 1.54) is 0 Å². The highest BCUT2D eigenvalue weighted by atomic mass is 32.2. The molecule has 0 fully saturated rings. The minimum Gasteiger partial charge on any atom is -0.494 e. The number of nitrogens with one attached hydrogen (secondary N) is 2. The van der Waals surface area contributed by atoms with Crippen LogP contribution >= 0.6 is 11.8 Å². The first-order valence-electron chi connectivity index (χ1n) is 10.8. The molecular weight excluding hydrogens is 428 g/mol. The van der Waals surface area contributed by atoms with Crippen molar-refractivity contribution in [2.45, 2.75) is 32.0 Å². The molecule has 2 N–H and O–H groups in total. The van der Waals surface area contributed by atoms with Gasteiger partial charge in [-0.25, -0.2) is 14.6 Å². The summed E-state index contributed by atoms with van der Waals surface area (Å²) in [6, 6.07) is 7.10. The number of anilines is 1. The number of nitrogens with zero attached hydrogens (tertiary/aromatic N) is 4. The van der Waals surface area contributed by atoms with Gasteiger partial charge in [0.1, 0.15) is 11.6 Å². The van der Waals surface area contributed by atoms with Gasteiger partial charge in [-0.15, -0.1) is 0 Å². The monoisotopic (exact) mass is 458 g/mol. The molecule has 0 aliphatic heterocycles. The fourth-order valence-corrected chi connectivity index (χ4v) is 3.70. The molecule has 9 nitrogen and oxygen atoms in total. The lowest BCUT2D eigenvalue weighted by Gasteiger charge is -2.10. The molecular formula is C22H30N6O3S. The standard InChI is InChI=1S/C22H30N6O3S/c1-4-14-32-22-26-19(23-11-13-30-3)18-15-25-28(20(18)27-22)12-10-24-21(29)16-6-8-17(9-7-16)31-5-2/h6-9,15H,4-5,10-14H2,1-3H3,(H,24,29)(H,23,26,27). The molecule has 0 atom stereocenters. The number of rotatable bonds is 13. The molecule has 0 aliphatic rings. The second-order valence-corrected chi connectivity index (χ2v) is 8.00. The SMILES string of the molecule is CCCSc1nc(NCCOC)c2cnn(CCNC(=O)c3ccc(OCC)cc3)c2n1. The zero-order valence-corrected chi connectivity index (χ0v) is 19.6. The lowest BCUT2D eigenvalue weighted by atomic mass is 10.2. The molecule has 0 unspecified atom stereocenters. The topological polar surface area (TPSA) is 103 Å². The summed E-state index contributed by atoms with van der Waals surface area (Å²) in [5.74, 6) is 2.30. The first kappa shape index (κ1) is 23.8.